The molecule has 3 heterocycles. The molecule has 0 aromatic carbocycles. The number of pyridine rings is 1. The van der Waals surface area contributed by atoms with E-state index in [1.165, 1.54) is 10.6 Å². The summed E-state index contributed by atoms with van der Waals surface area (Å²) in [5, 5.41) is 2.43. The Hall–Kier alpha value is -2.64. The topological polar surface area (TPSA) is 91.7 Å². The van der Waals surface area contributed by atoms with Crippen molar-refractivity contribution >= 4 is 17.8 Å². The number of hydrogen-bond donors (Lipinski definition) is 1. The first-order chi connectivity index (χ1) is 12.8. The Balaban J connectivity index is 1.75. The quantitative estimate of drug-likeness (QED) is 0.798. The van der Waals surface area contributed by atoms with Crippen molar-refractivity contribution in [3.8, 4) is 0 Å². The summed E-state index contributed by atoms with van der Waals surface area (Å²) in [7, 11) is 0. The molecule has 0 bridgehead atoms. The molecule has 0 radical (unpaired) electrons. The van der Waals surface area contributed by atoms with E-state index in [1.807, 2.05) is 20.8 Å². The molecular formula is C19H26N4O4. The van der Waals surface area contributed by atoms with Gasteiger partial charge in [0.2, 0.25) is 0 Å². The van der Waals surface area contributed by atoms with Gasteiger partial charge in [-0.15, -0.1) is 0 Å². The first-order valence-corrected chi connectivity index (χ1v) is 9.41. The third-order valence-corrected chi connectivity index (χ3v) is 5.41. The predicted molar refractivity (Wildman–Crippen MR) is 99.3 cm³/mol. The Morgan fingerprint density at radius 3 is 2.44 bits per heavy atom. The molecule has 1 aromatic heterocycles. The molecule has 1 aromatic rings. The zero-order valence-corrected chi connectivity index (χ0v) is 16.0. The van der Waals surface area contributed by atoms with E-state index >= 15 is 0 Å². The molecule has 8 heteroatoms. The van der Waals surface area contributed by atoms with E-state index in [1.54, 1.807) is 22.1 Å². The molecule has 3 rings (SSSR count). The highest BCUT2D eigenvalue weighted by atomic mass is 16.2. The molecule has 8 nitrogen and oxygen atoms in total. The highest BCUT2D eigenvalue weighted by molar-refractivity contribution is 6.07. The number of imide groups is 1. The van der Waals surface area contributed by atoms with Crippen LogP contribution in [0.5, 0.6) is 0 Å². The highest BCUT2D eigenvalue weighted by Gasteiger charge is 2.54. The van der Waals surface area contributed by atoms with Crippen LogP contribution >= 0.6 is 0 Å². The van der Waals surface area contributed by atoms with E-state index in [0.29, 0.717) is 44.6 Å². The van der Waals surface area contributed by atoms with Gasteiger partial charge in [-0.05, 0) is 31.7 Å². The van der Waals surface area contributed by atoms with Gasteiger partial charge in [0.1, 0.15) is 5.54 Å². The minimum atomic E-state index is -0.871. The second kappa shape index (κ2) is 7.17. The van der Waals surface area contributed by atoms with Crippen molar-refractivity contribution in [3.63, 3.8) is 0 Å². The van der Waals surface area contributed by atoms with Crippen molar-refractivity contribution in [1.29, 1.82) is 0 Å². The lowest BCUT2D eigenvalue weighted by Gasteiger charge is -2.42. The third-order valence-electron chi connectivity index (χ3n) is 5.41. The first-order valence-electron chi connectivity index (χ1n) is 9.41. The number of carbonyl (C=O) groups excluding carboxylic acids is 3. The number of nitrogens with zero attached hydrogens (tertiary/aromatic N) is 3. The van der Waals surface area contributed by atoms with E-state index in [4.69, 9.17) is 0 Å². The molecule has 2 aliphatic heterocycles. The zero-order valence-electron chi connectivity index (χ0n) is 16.0. The Morgan fingerprint density at radius 1 is 1.22 bits per heavy atom. The van der Waals surface area contributed by atoms with Gasteiger partial charge >= 0.3 is 6.03 Å². The Kier molecular flexibility index (Phi) is 5.08. The van der Waals surface area contributed by atoms with Crippen LogP contribution in [-0.2, 0) is 11.3 Å². The summed E-state index contributed by atoms with van der Waals surface area (Å²) in [5.74, 6) is -0.251. The fraction of sp³-hybridized carbons (Fsp3) is 0.579. The van der Waals surface area contributed by atoms with Crippen LogP contribution in [-0.4, -0.2) is 57.4 Å². The van der Waals surface area contributed by atoms with Crippen LogP contribution in [0.2, 0.25) is 0 Å². The van der Waals surface area contributed by atoms with Crippen LogP contribution in [0.1, 0.15) is 44.0 Å². The Labute approximate surface area is 158 Å². The van der Waals surface area contributed by atoms with Gasteiger partial charge in [0.25, 0.3) is 17.4 Å². The van der Waals surface area contributed by atoms with Crippen molar-refractivity contribution in [2.45, 2.75) is 45.7 Å². The van der Waals surface area contributed by atoms with Crippen molar-refractivity contribution < 1.29 is 14.4 Å². The summed E-state index contributed by atoms with van der Waals surface area (Å²) in [6.45, 7) is 7.65. The summed E-state index contributed by atoms with van der Waals surface area (Å²) < 4.78 is 1.53. The molecule has 0 unspecified atom stereocenters. The fourth-order valence-corrected chi connectivity index (χ4v) is 3.88. The van der Waals surface area contributed by atoms with Gasteiger partial charge in [0.05, 0.1) is 0 Å². The van der Waals surface area contributed by atoms with E-state index < -0.39 is 5.54 Å². The summed E-state index contributed by atoms with van der Waals surface area (Å²) in [6, 6.07) is 2.65. The highest BCUT2D eigenvalue weighted by Crippen LogP contribution is 2.34. The summed E-state index contributed by atoms with van der Waals surface area (Å²) in [6.07, 6.45) is 2.42. The lowest BCUT2D eigenvalue weighted by atomic mass is 9.85. The van der Waals surface area contributed by atoms with Gasteiger partial charge in [0.15, 0.2) is 0 Å². The van der Waals surface area contributed by atoms with Crippen LogP contribution < -0.4 is 10.9 Å². The average molecular weight is 374 g/mol. The maximum atomic E-state index is 12.8. The molecule has 1 N–H and O–H groups in total. The van der Waals surface area contributed by atoms with E-state index in [9.17, 15) is 19.2 Å². The minimum Gasteiger partial charge on any atom is -0.338 e. The van der Waals surface area contributed by atoms with Crippen LogP contribution in [0.15, 0.2) is 23.1 Å². The molecule has 2 saturated heterocycles. The normalized spacial score (nSPS) is 19.1. The number of likely N-dealkylation sites (tertiary alicyclic amines) is 1. The summed E-state index contributed by atoms with van der Waals surface area (Å²) >= 11 is 0. The second-order valence-electron chi connectivity index (χ2n) is 7.63. The molecule has 27 heavy (non-hydrogen) atoms. The second-order valence-corrected chi connectivity index (χ2v) is 7.63. The number of rotatable bonds is 4. The summed E-state index contributed by atoms with van der Waals surface area (Å²) in [4.78, 5) is 52.7. The van der Waals surface area contributed by atoms with Gasteiger partial charge in [0, 0.05) is 44.0 Å². The van der Waals surface area contributed by atoms with Crippen molar-refractivity contribution in [1.82, 2.24) is 19.7 Å². The van der Waals surface area contributed by atoms with Crippen LogP contribution in [0.4, 0.5) is 4.79 Å². The monoisotopic (exact) mass is 374 g/mol. The third kappa shape index (κ3) is 3.36. The van der Waals surface area contributed by atoms with Crippen molar-refractivity contribution in [3.05, 3.63) is 34.2 Å². The molecule has 146 valence electrons. The zero-order chi connectivity index (χ0) is 19.8. The molecular weight excluding hydrogens is 348 g/mol. The van der Waals surface area contributed by atoms with Crippen LogP contribution in [0.25, 0.3) is 0 Å². The number of aromatic nitrogens is 1. The number of aryl methyl sites for hydroxylation is 1. The molecule has 0 atom stereocenters. The number of amides is 4. The maximum Gasteiger partial charge on any atom is 0.325 e. The van der Waals surface area contributed by atoms with Crippen molar-refractivity contribution in [2.75, 3.05) is 19.6 Å². The standard InChI is InChI=1S/C19H26N4O4/c1-4-21-8-5-14(11-15(21)24)16(25)22-9-6-19(7-10-22)17(26)20-18(27)23(19)12-13(2)3/h5,8,11,13H,4,6-7,9-10,12H2,1-3H3,(H,20,26,27). The molecule has 2 fully saturated rings. The van der Waals surface area contributed by atoms with E-state index in [-0.39, 0.29) is 29.3 Å². The first kappa shape index (κ1) is 19.1. The number of carbonyl (C=O) groups is 3. The van der Waals surface area contributed by atoms with Crippen molar-refractivity contribution in [2.24, 2.45) is 5.92 Å². The minimum absolute atomic E-state index is 0.208. The molecule has 0 aliphatic carbocycles. The van der Waals surface area contributed by atoms with Gasteiger partial charge in [-0.1, -0.05) is 13.8 Å². The van der Waals surface area contributed by atoms with E-state index in [0.717, 1.165) is 0 Å². The predicted octanol–water partition coefficient (Wildman–Crippen LogP) is 1.05. The molecule has 2 aliphatic rings. The molecule has 1 spiro atoms. The average Bonchev–Trinajstić information content (AvgIpc) is 2.85. The van der Waals surface area contributed by atoms with Gasteiger partial charge in [-0.25, -0.2) is 4.79 Å². The SMILES string of the molecule is CCn1ccc(C(=O)N2CCC3(CC2)C(=O)NC(=O)N3CC(C)C)cc1=O. The Morgan fingerprint density at radius 2 is 1.89 bits per heavy atom. The lowest BCUT2D eigenvalue weighted by molar-refractivity contribution is -0.129. The van der Waals surface area contributed by atoms with Gasteiger partial charge < -0.3 is 14.4 Å². The number of urea groups is 1. The van der Waals surface area contributed by atoms with Crippen LogP contribution in [0.3, 0.4) is 0 Å². The smallest absolute Gasteiger partial charge is 0.325 e. The number of nitrogens with one attached hydrogen (secondary N) is 1. The Bertz CT molecular complexity index is 821. The largest absolute Gasteiger partial charge is 0.338 e. The number of piperidine rings is 1. The fourth-order valence-electron chi connectivity index (χ4n) is 3.88. The summed E-state index contributed by atoms with van der Waals surface area (Å²) in [5.41, 5.74) is -0.726. The lowest BCUT2D eigenvalue weighted by Crippen LogP contribution is -2.58. The van der Waals surface area contributed by atoms with E-state index in [2.05, 4.69) is 5.32 Å². The number of hydrogen-bond acceptors (Lipinski definition) is 4. The molecule has 4 amide bonds. The van der Waals surface area contributed by atoms with Crippen LogP contribution in [0, 0.1) is 5.92 Å². The van der Waals surface area contributed by atoms with Gasteiger partial charge in [-0.3, -0.25) is 19.7 Å². The maximum absolute atomic E-state index is 12.8. The molecule has 0 saturated carbocycles. The van der Waals surface area contributed by atoms with Gasteiger partial charge in [-0.2, -0.15) is 0 Å².